The third-order valence-electron chi connectivity index (χ3n) is 3.92. The Balaban J connectivity index is 0.00000132. The molecule has 1 aromatic heterocycles. The van der Waals surface area contributed by atoms with E-state index < -0.39 is 5.54 Å². The number of nitrogens with zero attached hydrogens (tertiary/aromatic N) is 2. The van der Waals surface area contributed by atoms with E-state index in [1.54, 1.807) is 0 Å². The van der Waals surface area contributed by atoms with Gasteiger partial charge in [-0.1, -0.05) is 17.3 Å². The van der Waals surface area contributed by atoms with Crippen LogP contribution in [0.1, 0.15) is 37.1 Å². The van der Waals surface area contributed by atoms with Gasteiger partial charge in [0, 0.05) is 0 Å². The summed E-state index contributed by atoms with van der Waals surface area (Å²) < 4.78 is 16.8. The number of rotatable bonds is 2. The first-order valence-electron chi connectivity index (χ1n) is 6.76. The summed E-state index contributed by atoms with van der Waals surface area (Å²) in [6.45, 7) is 0.357. The normalized spacial score (nSPS) is 22.0. The van der Waals surface area contributed by atoms with Crippen molar-refractivity contribution in [1.82, 2.24) is 10.1 Å². The molecule has 0 bridgehead atoms. The van der Waals surface area contributed by atoms with Crippen molar-refractivity contribution in [2.75, 3.05) is 6.61 Å². The highest BCUT2D eigenvalue weighted by molar-refractivity contribution is 5.85. The molecule has 2 aromatic rings. The molecule has 1 aliphatic heterocycles. The van der Waals surface area contributed by atoms with Crippen LogP contribution in [0.25, 0.3) is 0 Å². The second-order valence-electron chi connectivity index (χ2n) is 5.33. The van der Waals surface area contributed by atoms with Crippen LogP contribution in [-0.2, 0) is 5.54 Å². The minimum absolute atomic E-state index is 0. The van der Waals surface area contributed by atoms with E-state index in [1.165, 1.54) is 0 Å². The lowest BCUT2D eigenvalue weighted by molar-refractivity contribution is 0.0665. The average Bonchev–Trinajstić information content (AvgIpc) is 2.94. The van der Waals surface area contributed by atoms with Gasteiger partial charge in [-0.25, -0.2) is 0 Å². The Kier molecular flexibility index (Phi) is 3.51. The third-order valence-corrected chi connectivity index (χ3v) is 3.92. The summed E-state index contributed by atoms with van der Waals surface area (Å²) in [5, 5.41) is 3.99. The fraction of sp³-hybridized carbons (Fsp3) is 0.429. The van der Waals surface area contributed by atoms with Gasteiger partial charge in [-0.2, -0.15) is 4.98 Å². The molecule has 0 radical (unpaired) electrons. The van der Waals surface area contributed by atoms with Crippen molar-refractivity contribution >= 4 is 12.4 Å². The van der Waals surface area contributed by atoms with E-state index in [0.29, 0.717) is 24.1 Å². The number of ether oxygens (including phenoxy) is 2. The minimum atomic E-state index is -0.421. The zero-order valence-electron chi connectivity index (χ0n) is 11.3. The van der Waals surface area contributed by atoms with Crippen molar-refractivity contribution in [1.29, 1.82) is 0 Å². The first-order chi connectivity index (χ1) is 9.74. The standard InChI is InChI=1S/C14H15N3O3.ClH/c15-14(6-3-7-14)13-16-12(20-17-13)11-8-18-9-4-1-2-5-10(9)19-11;/h1-2,4-5,11H,3,6-8,15H2;1H. The molecular weight excluding hydrogens is 294 g/mol. The van der Waals surface area contributed by atoms with E-state index in [4.69, 9.17) is 19.7 Å². The summed E-state index contributed by atoms with van der Waals surface area (Å²) >= 11 is 0. The van der Waals surface area contributed by atoms with Gasteiger partial charge in [0.15, 0.2) is 17.3 Å². The molecule has 1 aliphatic carbocycles. The Bertz CT molecular complexity index is 642. The first-order valence-corrected chi connectivity index (χ1v) is 6.76. The molecule has 21 heavy (non-hydrogen) atoms. The lowest BCUT2D eigenvalue weighted by atomic mass is 9.77. The van der Waals surface area contributed by atoms with Gasteiger partial charge in [0.2, 0.25) is 6.10 Å². The van der Waals surface area contributed by atoms with E-state index in [-0.39, 0.29) is 18.5 Å². The summed E-state index contributed by atoms with van der Waals surface area (Å²) in [6.07, 6.45) is 2.53. The lowest BCUT2D eigenvalue weighted by Gasteiger charge is -2.34. The molecule has 0 amide bonds. The van der Waals surface area contributed by atoms with Gasteiger partial charge in [0.1, 0.15) is 6.61 Å². The maximum absolute atomic E-state index is 6.19. The first kappa shape index (κ1) is 14.2. The Hall–Kier alpha value is -1.79. The molecule has 2 N–H and O–H groups in total. The van der Waals surface area contributed by atoms with Crippen LogP contribution in [0.3, 0.4) is 0 Å². The third kappa shape index (κ3) is 2.34. The molecule has 2 heterocycles. The number of hydrogen-bond acceptors (Lipinski definition) is 6. The van der Waals surface area contributed by atoms with Crippen molar-refractivity contribution in [2.45, 2.75) is 30.9 Å². The molecular formula is C14H16ClN3O3. The fourth-order valence-corrected chi connectivity index (χ4v) is 2.49. The SMILES string of the molecule is Cl.NC1(c2noc(C3COc4ccccc4O3)n2)CCC1. The predicted molar refractivity (Wildman–Crippen MR) is 76.6 cm³/mol. The molecule has 1 aromatic carbocycles. The van der Waals surface area contributed by atoms with E-state index in [0.717, 1.165) is 25.0 Å². The second kappa shape index (κ2) is 5.20. The zero-order valence-corrected chi connectivity index (χ0v) is 12.1. The van der Waals surface area contributed by atoms with E-state index in [1.807, 2.05) is 24.3 Å². The lowest BCUT2D eigenvalue weighted by Crippen LogP contribution is -2.44. The molecule has 0 saturated heterocycles. The van der Waals surface area contributed by atoms with Crippen LogP contribution in [0.5, 0.6) is 11.5 Å². The van der Waals surface area contributed by atoms with Crippen LogP contribution in [0.15, 0.2) is 28.8 Å². The Labute approximate surface area is 128 Å². The van der Waals surface area contributed by atoms with Gasteiger partial charge < -0.3 is 19.7 Å². The van der Waals surface area contributed by atoms with Crippen LogP contribution in [0, 0.1) is 0 Å². The molecule has 1 unspecified atom stereocenters. The highest BCUT2D eigenvalue weighted by Crippen LogP contribution is 2.39. The summed E-state index contributed by atoms with van der Waals surface area (Å²) in [5.41, 5.74) is 5.77. The van der Waals surface area contributed by atoms with Crippen molar-refractivity contribution in [3.05, 3.63) is 36.0 Å². The number of benzene rings is 1. The molecule has 2 aliphatic rings. The maximum Gasteiger partial charge on any atom is 0.271 e. The predicted octanol–water partition coefficient (Wildman–Crippen LogP) is 2.34. The van der Waals surface area contributed by atoms with Gasteiger partial charge in [0.05, 0.1) is 5.54 Å². The van der Waals surface area contributed by atoms with Crippen molar-refractivity contribution < 1.29 is 14.0 Å². The summed E-state index contributed by atoms with van der Waals surface area (Å²) in [7, 11) is 0. The largest absolute Gasteiger partial charge is 0.485 e. The highest BCUT2D eigenvalue weighted by atomic mass is 35.5. The Morgan fingerprint density at radius 3 is 2.67 bits per heavy atom. The van der Waals surface area contributed by atoms with Gasteiger partial charge >= 0.3 is 0 Å². The average molecular weight is 310 g/mol. The highest BCUT2D eigenvalue weighted by Gasteiger charge is 2.40. The van der Waals surface area contributed by atoms with Crippen molar-refractivity contribution in [3.63, 3.8) is 0 Å². The monoisotopic (exact) mass is 309 g/mol. The van der Waals surface area contributed by atoms with Crippen LogP contribution in [-0.4, -0.2) is 16.7 Å². The molecule has 1 fully saturated rings. The van der Waals surface area contributed by atoms with E-state index in [9.17, 15) is 0 Å². The van der Waals surface area contributed by atoms with Crippen molar-refractivity contribution in [3.8, 4) is 11.5 Å². The fourth-order valence-electron chi connectivity index (χ4n) is 2.49. The van der Waals surface area contributed by atoms with Gasteiger partial charge in [-0.3, -0.25) is 0 Å². The maximum atomic E-state index is 6.19. The van der Waals surface area contributed by atoms with Crippen LogP contribution >= 0.6 is 12.4 Å². The molecule has 4 rings (SSSR count). The number of nitrogens with two attached hydrogens (primary N) is 1. The zero-order chi connectivity index (χ0) is 13.6. The minimum Gasteiger partial charge on any atom is -0.485 e. The van der Waals surface area contributed by atoms with E-state index >= 15 is 0 Å². The Morgan fingerprint density at radius 2 is 1.95 bits per heavy atom. The topological polar surface area (TPSA) is 83.4 Å². The number of hydrogen-bond donors (Lipinski definition) is 1. The van der Waals surface area contributed by atoms with Gasteiger partial charge in [0.25, 0.3) is 5.89 Å². The quantitative estimate of drug-likeness (QED) is 0.916. The Morgan fingerprint density at radius 1 is 1.19 bits per heavy atom. The number of halogens is 1. The number of fused-ring (bicyclic) bond motifs is 1. The van der Waals surface area contributed by atoms with Gasteiger partial charge in [-0.15, -0.1) is 12.4 Å². The molecule has 1 atom stereocenters. The molecule has 1 saturated carbocycles. The van der Waals surface area contributed by atoms with Crippen LogP contribution in [0.4, 0.5) is 0 Å². The molecule has 112 valence electrons. The van der Waals surface area contributed by atoms with Crippen LogP contribution in [0.2, 0.25) is 0 Å². The summed E-state index contributed by atoms with van der Waals surface area (Å²) in [4.78, 5) is 4.39. The van der Waals surface area contributed by atoms with E-state index in [2.05, 4.69) is 10.1 Å². The van der Waals surface area contributed by atoms with Gasteiger partial charge in [-0.05, 0) is 31.4 Å². The molecule has 7 heteroatoms. The number of para-hydroxylation sites is 2. The molecule has 6 nitrogen and oxygen atoms in total. The van der Waals surface area contributed by atoms with Crippen LogP contribution < -0.4 is 15.2 Å². The second-order valence-corrected chi connectivity index (χ2v) is 5.33. The summed E-state index contributed by atoms with van der Waals surface area (Å²) in [6, 6.07) is 7.53. The number of aromatic nitrogens is 2. The summed E-state index contributed by atoms with van der Waals surface area (Å²) in [5.74, 6) is 2.42. The van der Waals surface area contributed by atoms with Crippen molar-refractivity contribution in [2.24, 2.45) is 5.73 Å². The smallest absolute Gasteiger partial charge is 0.271 e. The molecule has 0 spiro atoms.